The average molecular weight is 177 g/mol. The Kier molecular flexibility index (Phi) is 2.38. The second-order valence-electron chi connectivity index (χ2n) is 2.49. The first-order chi connectivity index (χ1) is 5.04. The molecule has 1 rings (SSSR count). The predicted molar refractivity (Wildman–Crippen MR) is 42.9 cm³/mol. The van der Waals surface area contributed by atoms with Crippen LogP contribution in [0.5, 0.6) is 0 Å². The molecular weight excluding hydrogens is 166 g/mol. The van der Waals surface area contributed by atoms with Gasteiger partial charge in [-0.3, -0.25) is 4.90 Å². The van der Waals surface area contributed by atoms with E-state index < -0.39 is 12.1 Å². The molecule has 2 unspecified atom stereocenters. The highest BCUT2D eigenvalue weighted by Gasteiger charge is 2.37. The molecule has 0 aromatic heterocycles. The lowest BCUT2D eigenvalue weighted by Gasteiger charge is -2.18. The Morgan fingerprint density at radius 2 is 2.18 bits per heavy atom. The van der Waals surface area contributed by atoms with Gasteiger partial charge in [0.2, 0.25) is 0 Å². The van der Waals surface area contributed by atoms with E-state index in [4.69, 9.17) is 5.11 Å². The number of carboxylic acids is 1. The summed E-state index contributed by atoms with van der Waals surface area (Å²) in [6.07, 6.45) is -0.627. The van der Waals surface area contributed by atoms with Crippen molar-refractivity contribution in [3.63, 3.8) is 0 Å². The number of carbonyl (C=O) groups is 1. The van der Waals surface area contributed by atoms with Gasteiger partial charge in [-0.2, -0.15) is 0 Å². The van der Waals surface area contributed by atoms with E-state index in [1.807, 2.05) is 0 Å². The maximum Gasteiger partial charge on any atom is 0.337 e. The van der Waals surface area contributed by atoms with Crippen LogP contribution in [0.2, 0.25) is 0 Å². The van der Waals surface area contributed by atoms with Crippen molar-refractivity contribution in [1.29, 1.82) is 0 Å². The van der Waals surface area contributed by atoms with Crippen LogP contribution in [0.1, 0.15) is 0 Å². The number of nitrogens with zero attached hydrogens (tertiary/aromatic N) is 2. The van der Waals surface area contributed by atoms with Gasteiger partial charge in [0.1, 0.15) is 5.50 Å². The Bertz CT molecular complexity index is 177. The quantitative estimate of drug-likeness (QED) is 0.448. The van der Waals surface area contributed by atoms with Crippen molar-refractivity contribution in [2.24, 2.45) is 0 Å². The first kappa shape index (κ1) is 8.79. The summed E-state index contributed by atoms with van der Waals surface area (Å²) in [5.74, 6) is -0.876. The molecule has 0 radical (unpaired) electrons. The Morgan fingerprint density at radius 3 is 2.36 bits per heavy atom. The molecule has 1 fully saturated rings. The number of aliphatic carboxylic acids is 1. The minimum absolute atomic E-state index is 0.221. The number of hydrogen-bond acceptors (Lipinski definition) is 5. The van der Waals surface area contributed by atoms with Gasteiger partial charge in [0.05, 0.1) is 0 Å². The molecule has 0 spiro atoms. The monoisotopic (exact) mass is 177 g/mol. The molecule has 0 saturated carbocycles. The van der Waals surface area contributed by atoms with Gasteiger partial charge in [-0.05, 0) is 7.05 Å². The van der Waals surface area contributed by atoms with Crippen LogP contribution in [0.3, 0.4) is 0 Å². The van der Waals surface area contributed by atoms with Crippen molar-refractivity contribution < 1.29 is 9.90 Å². The van der Waals surface area contributed by atoms with Crippen LogP contribution in [0, 0.1) is 0 Å². The molecule has 2 atom stereocenters. The standard InChI is InChI=1S/C5H11N3O2S/c1-7-3(4(9)10)8(2)6-5(7)11/h3,5-6,11H,1-2H3,(H,9,10). The van der Waals surface area contributed by atoms with Crippen molar-refractivity contribution in [2.75, 3.05) is 14.1 Å². The van der Waals surface area contributed by atoms with Crippen LogP contribution >= 0.6 is 12.6 Å². The van der Waals surface area contributed by atoms with E-state index in [-0.39, 0.29) is 5.50 Å². The summed E-state index contributed by atoms with van der Waals surface area (Å²) in [6.45, 7) is 0. The molecular formula is C5H11N3O2S. The highest BCUT2D eigenvalue weighted by molar-refractivity contribution is 7.80. The summed E-state index contributed by atoms with van der Waals surface area (Å²) in [6, 6.07) is 0. The van der Waals surface area contributed by atoms with E-state index in [9.17, 15) is 4.79 Å². The molecule has 11 heavy (non-hydrogen) atoms. The van der Waals surface area contributed by atoms with E-state index in [1.165, 1.54) is 5.01 Å². The lowest BCUT2D eigenvalue weighted by atomic mass is 10.5. The van der Waals surface area contributed by atoms with Crippen molar-refractivity contribution in [1.82, 2.24) is 15.3 Å². The number of rotatable bonds is 1. The van der Waals surface area contributed by atoms with Gasteiger partial charge < -0.3 is 5.11 Å². The number of hydrazine groups is 1. The fourth-order valence-electron chi connectivity index (χ4n) is 1.09. The van der Waals surface area contributed by atoms with Crippen molar-refractivity contribution in [3.8, 4) is 0 Å². The molecule has 2 N–H and O–H groups in total. The first-order valence-electron chi connectivity index (χ1n) is 3.16. The third kappa shape index (κ3) is 1.48. The molecule has 0 amide bonds. The lowest BCUT2D eigenvalue weighted by molar-refractivity contribution is -0.146. The van der Waals surface area contributed by atoms with Gasteiger partial charge in [-0.1, -0.05) is 0 Å². The smallest absolute Gasteiger partial charge is 0.337 e. The van der Waals surface area contributed by atoms with Gasteiger partial charge in [-0.15, -0.1) is 12.6 Å². The maximum atomic E-state index is 10.6. The normalized spacial score (nSPS) is 34.5. The molecule has 1 heterocycles. The maximum absolute atomic E-state index is 10.6. The molecule has 1 saturated heterocycles. The third-order valence-electron chi connectivity index (χ3n) is 1.68. The van der Waals surface area contributed by atoms with Crippen molar-refractivity contribution in [2.45, 2.75) is 11.7 Å². The van der Waals surface area contributed by atoms with Gasteiger partial charge in [0, 0.05) is 7.05 Å². The van der Waals surface area contributed by atoms with Crippen LogP contribution in [-0.2, 0) is 4.79 Å². The Balaban J connectivity index is 2.71. The largest absolute Gasteiger partial charge is 0.479 e. The molecule has 64 valence electrons. The topological polar surface area (TPSA) is 55.8 Å². The zero-order valence-electron chi connectivity index (χ0n) is 6.35. The van der Waals surface area contributed by atoms with Gasteiger partial charge in [-0.25, -0.2) is 15.2 Å². The van der Waals surface area contributed by atoms with Crippen LogP contribution in [0.15, 0.2) is 0 Å². The average Bonchev–Trinajstić information content (AvgIpc) is 2.07. The van der Waals surface area contributed by atoms with Crippen LogP contribution < -0.4 is 5.43 Å². The Labute approximate surface area is 70.3 Å². The van der Waals surface area contributed by atoms with E-state index in [0.29, 0.717) is 0 Å². The highest BCUT2D eigenvalue weighted by atomic mass is 32.1. The Morgan fingerprint density at radius 1 is 1.64 bits per heavy atom. The summed E-state index contributed by atoms with van der Waals surface area (Å²) in [4.78, 5) is 12.2. The van der Waals surface area contributed by atoms with Gasteiger partial charge in [0.15, 0.2) is 6.17 Å². The second-order valence-corrected chi connectivity index (χ2v) is 2.98. The van der Waals surface area contributed by atoms with Crippen LogP contribution in [0.4, 0.5) is 0 Å². The molecule has 6 heteroatoms. The van der Waals surface area contributed by atoms with Crippen molar-refractivity contribution in [3.05, 3.63) is 0 Å². The molecule has 0 aliphatic carbocycles. The molecule has 0 aromatic carbocycles. The summed E-state index contributed by atoms with van der Waals surface area (Å²) in [5.41, 5.74) is 2.62. The minimum atomic E-state index is -0.876. The number of carboxylic acid groups (broad SMARTS) is 1. The summed E-state index contributed by atoms with van der Waals surface area (Å²) in [5, 5.41) is 10.2. The number of nitrogens with one attached hydrogen (secondary N) is 1. The molecule has 5 nitrogen and oxygen atoms in total. The van der Waals surface area contributed by atoms with Crippen molar-refractivity contribution >= 4 is 18.6 Å². The zero-order valence-corrected chi connectivity index (χ0v) is 7.25. The Hall–Kier alpha value is -0.300. The van der Waals surface area contributed by atoms with Crippen LogP contribution in [0.25, 0.3) is 0 Å². The third-order valence-corrected chi connectivity index (χ3v) is 2.16. The molecule has 0 aromatic rings. The molecule has 1 aliphatic rings. The van der Waals surface area contributed by atoms with Crippen LogP contribution in [-0.4, -0.2) is 46.7 Å². The SMILES string of the molecule is CN1NC(S)N(C)C1C(=O)O. The van der Waals surface area contributed by atoms with E-state index in [1.54, 1.807) is 19.0 Å². The van der Waals surface area contributed by atoms with Gasteiger partial charge in [0.25, 0.3) is 0 Å². The second kappa shape index (κ2) is 2.98. The zero-order chi connectivity index (χ0) is 8.59. The van der Waals surface area contributed by atoms with E-state index in [2.05, 4.69) is 18.1 Å². The minimum Gasteiger partial charge on any atom is -0.479 e. The summed E-state index contributed by atoms with van der Waals surface area (Å²) in [7, 11) is 3.37. The van der Waals surface area contributed by atoms with Gasteiger partial charge >= 0.3 is 5.97 Å². The van der Waals surface area contributed by atoms with E-state index >= 15 is 0 Å². The first-order valence-corrected chi connectivity index (χ1v) is 3.67. The number of hydrogen-bond donors (Lipinski definition) is 3. The number of thiol groups is 1. The molecule has 0 bridgehead atoms. The fourth-order valence-corrected chi connectivity index (χ4v) is 1.40. The predicted octanol–water partition coefficient (Wildman–Crippen LogP) is -1.01. The summed E-state index contributed by atoms with van der Waals surface area (Å²) >= 11 is 4.11. The fraction of sp³-hybridized carbons (Fsp3) is 0.800. The van der Waals surface area contributed by atoms with E-state index in [0.717, 1.165) is 0 Å². The molecule has 1 aliphatic heterocycles. The highest BCUT2D eigenvalue weighted by Crippen LogP contribution is 2.14. The number of likely N-dealkylation sites (N-methyl/N-ethyl adjacent to an activating group) is 2. The summed E-state index contributed by atoms with van der Waals surface area (Å²) < 4.78 is 0. The lowest BCUT2D eigenvalue weighted by Crippen LogP contribution is -2.43.